The molecule has 0 radical (unpaired) electrons. The van der Waals surface area contributed by atoms with Gasteiger partial charge < -0.3 is 14.9 Å². The highest BCUT2D eigenvalue weighted by molar-refractivity contribution is 5.79. The van der Waals surface area contributed by atoms with Crippen LogP contribution in [-0.4, -0.2) is 54.5 Å². The van der Waals surface area contributed by atoms with Crippen LogP contribution in [0.15, 0.2) is 0 Å². The third kappa shape index (κ3) is 4.46. The summed E-state index contributed by atoms with van der Waals surface area (Å²) in [5.41, 5.74) is 0. The second-order valence-electron chi connectivity index (χ2n) is 2.26. The van der Waals surface area contributed by atoms with Crippen molar-refractivity contribution in [2.45, 2.75) is 0 Å². The molecule has 11 heavy (non-hydrogen) atoms. The van der Waals surface area contributed by atoms with Gasteiger partial charge in [-0.3, -0.25) is 4.79 Å². The number of carbonyl (C=O) groups excluding carboxylic acids is 2. The van der Waals surface area contributed by atoms with Gasteiger partial charge in [-0.1, -0.05) is 0 Å². The lowest BCUT2D eigenvalue weighted by atomic mass is 10.5. The fourth-order valence-electron chi connectivity index (χ4n) is 0.530. The van der Waals surface area contributed by atoms with Crippen LogP contribution < -0.4 is 0 Å². The minimum atomic E-state index is -0.290. The lowest BCUT2D eigenvalue weighted by Gasteiger charge is -2.15. The van der Waals surface area contributed by atoms with Crippen LogP contribution in [0.5, 0.6) is 0 Å². The molecule has 0 fully saturated rings. The first-order chi connectivity index (χ1) is 5.07. The molecule has 0 aromatic heterocycles. The normalized spacial score (nSPS) is 9.82. The molecular weight excluding hydrogens is 148 g/mol. The van der Waals surface area contributed by atoms with Crippen molar-refractivity contribution in [3.05, 3.63) is 0 Å². The summed E-state index contributed by atoms with van der Waals surface area (Å²) in [6.07, 6.45) is 0.634. The predicted octanol–water partition coefficient (Wildman–Crippen LogP) is -1.04. The van der Waals surface area contributed by atoms with Crippen molar-refractivity contribution in [3.8, 4) is 0 Å². The fraction of sp³-hybridized carbons (Fsp3) is 0.667. The smallest absolute Gasteiger partial charge is 0.239 e. The zero-order valence-corrected chi connectivity index (χ0v) is 6.65. The van der Waals surface area contributed by atoms with Gasteiger partial charge in [0.2, 0.25) is 5.91 Å². The summed E-state index contributed by atoms with van der Waals surface area (Å²) >= 11 is 0. The van der Waals surface area contributed by atoms with Gasteiger partial charge in [-0.2, -0.15) is 5.06 Å². The van der Waals surface area contributed by atoms with E-state index in [-0.39, 0.29) is 19.0 Å². The second-order valence-corrected chi connectivity index (χ2v) is 2.26. The topological polar surface area (TPSA) is 60.9 Å². The van der Waals surface area contributed by atoms with Crippen LogP contribution in [0.1, 0.15) is 0 Å². The van der Waals surface area contributed by atoms with E-state index < -0.39 is 0 Å². The Kier molecular flexibility index (Phi) is 4.40. The van der Waals surface area contributed by atoms with E-state index in [1.807, 2.05) is 0 Å². The SMILES string of the molecule is CN(O)CC(=O)N(C)CC=O. The zero-order chi connectivity index (χ0) is 8.85. The highest BCUT2D eigenvalue weighted by Crippen LogP contribution is 1.83. The van der Waals surface area contributed by atoms with E-state index in [2.05, 4.69) is 0 Å². The molecule has 5 nitrogen and oxygen atoms in total. The third-order valence-corrected chi connectivity index (χ3v) is 1.14. The quantitative estimate of drug-likeness (QED) is 0.421. The number of nitrogens with zero attached hydrogens (tertiary/aromatic N) is 2. The van der Waals surface area contributed by atoms with Gasteiger partial charge >= 0.3 is 0 Å². The van der Waals surface area contributed by atoms with Crippen LogP contribution in [0.4, 0.5) is 0 Å². The lowest BCUT2D eigenvalue weighted by molar-refractivity contribution is -0.142. The maximum atomic E-state index is 10.9. The average Bonchev–Trinajstić information content (AvgIpc) is 1.86. The van der Waals surface area contributed by atoms with Gasteiger partial charge in [-0.15, -0.1) is 0 Å². The molecule has 64 valence electrons. The van der Waals surface area contributed by atoms with Crippen LogP contribution >= 0.6 is 0 Å². The molecule has 0 spiro atoms. The van der Waals surface area contributed by atoms with Crippen molar-refractivity contribution in [1.29, 1.82) is 0 Å². The number of amides is 1. The molecule has 5 heteroatoms. The van der Waals surface area contributed by atoms with E-state index in [1.165, 1.54) is 19.0 Å². The molecule has 0 saturated heterocycles. The van der Waals surface area contributed by atoms with Crippen molar-refractivity contribution in [2.24, 2.45) is 0 Å². The van der Waals surface area contributed by atoms with E-state index in [0.29, 0.717) is 6.29 Å². The van der Waals surface area contributed by atoms with Crippen LogP contribution in [0.3, 0.4) is 0 Å². The Morgan fingerprint density at radius 2 is 2.09 bits per heavy atom. The monoisotopic (exact) mass is 160 g/mol. The number of likely N-dealkylation sites (N-methyl/N-ethyl adjacent to an activating group) is 2. The number of carbonyl (C=O) groups is 2. The largest absolute Gasteiger partial charge is 0.338 e. The molecule has 1 N–H and O–H groups in total. The fourth-order valence-corrected chi connectivity index (χ4v) is 0.530. The number of aldehydes is 1. The number of hydroxylamine groups is 2. The summed E-state index contributed by atoms with van der Waals surface area (Å²) in [5.74, 6) is -0.290. The Morgan fingerprint density at radius 1 is 1.55 bits per heavy atom. The maximum absolute atomic E-state index is 10.9. The number of hydrogen-bond acceptors (Lipinski definition) is 4. The Morgan fingerprint density at radius 3 is 2.45 bits per heavy atom. The van der Waals surface area contributed by atoms with Gasteiger partial charge in [-0.25, -0.2) is 0 Å². The summed E-state index contributed by atoms with van der Waals surface area (Å²) < 4.78 is 0. The summed E-state index contributed by atoms with van der Waals surface area (Å²) in [7, 11) is 2.87. The highest BCUT2D eigenvalue weighted by Gasteiger charge is 2.08. The first-order valence-electron chi connectivity index (χ1n) is 3.15. The van der Waals surface area contributed by atoms with Crippen molar-refractivity contribution >= 4 is 12.2 Å². The van der Waals surface area contributed by atoms with E-state index >= 15 is 0 Å². The van der Waals surface area contributed by atoms with Gasteiger partial charge in [0.25, 0.3) is 0 Å². The van der Waals surface area contributed by atoms with Gasteiger partial charge in [0.05, 0.1) is 6.54 Å². The lowest BCUT2D eigenvalue weighted by Crippen LogP contribution is -2.36. The number of hydrogen-bond donors (Lipinski definition) is 1. The van der Waals surface area contributed by atoms with Crippen molar-refractivity contribution in [1.82, 2.24) is 9.96 Å². The van der Waals surface area contributed by atoms with Crippen LogP contribution in [0.2, 0.25) is 0 Å². The highest BCUT2D eigenvalue weighted by atomic mass is 16.5. The minimum Gasteiger partial charge on any atom is -0.338 e. The van der Waals surface area contributed by atoms with Crippen molar-refractivity contribution in [3.63, 3.8) is 0 Å². The van der Waals surface area contributed by atoms with E-state index in [1.54, 1.807) is 0 Å². The molecule has 0 aromatic rings. The van der Waals surface area contributed by atoms with Crippen molar-refractivity contribution in [2.75, 3.05) is 27.2 Å². The first kappa shape index (κ1) is 10.1. The Labute approximate surface area is 65.2 Å². The standard InChI is InChI=1S/C6H12N2O3/c1-7(3-4-9)6(10)5-8(2)11/h4,11H,3,5H2,1-2H3. The predicted molar refractivity (Wildman–Crippen MR) is 38.1 cm³/mol. The van der Waals surface area contributed by atoms with E-state index in [4.69, 9.17) is 5.21 Å². The summed E-state index contributed by atoms with van der Waals surface area (Å²) in [6.45, 7) is -0.0307. The number of rotatable bonds is 4. The molecule has 0 bridgehead atoms. The molecule has 0 rings (SSSR count). The Hall–Kier alpha value is -0.940. The maximum Gasteiger partial charge on any atom is 0.239 e. The van der Waals surface area contributed by atoms with Gasteiger partial charge in [0, 0.05) is 14.1 Å². The minimum absolute atomic E-state index is 0.0622. The van der Waals surface area contributed by atoms with Gasteiger partial charge in [0.15, 0.2) is 0 Å². The van der Waals surface area contributed by atoms with E-state index in [0.717, 1.165) is 5.06 Å². The summed E-state index contributed by atoms with van der Waals surface area (Å²) in [5, 5.41) is 9.40. The molecule has 0 aliphatic heterocycles. The molecule has 1 amide bonds. The zero-order valence-electron chi connectivity index (χ0n) is 6.65. The Bertz CT molecular complexity index is 147. The molecule has 0 atom stereocenters. The Balaban J connectivity index is 3.72. The summed E-state index contributed by atoms with van der Waals surface area (Å²) in [6, 6.07) is 0. The second kappa shape index (κ2) is 4.81. The molecule has 0 saturated carbocycles. The molecule has 0 aliphatic rings. The molecular formula is C6H12N2O3. The summed E-state index contributed by atoms with van der Waals surface area (Å²) in [4.78, 5) is 22.1. The van der Waals surface area contributed by atoms with Gasteiger partial charge in [0.1, 0.15) is 12.8 Å². The van der Waals surface area contributed by atoms with Crippen LogP contribution in [-0.2, 0) is 9.59 Å². The molecule has 0 aromatic carbocycles. The van der Waals surface area contributed by atoms with Crippen LogP contribution in [0, 0.1) is 0 Å². The molecule has 0 unspecified atom stereocenters. The first-order valence-corrected chi connectivity index (χ1v) is 3.15. The van der Waals surface area contributed by atoms with Gasteiger partial charge in [-0.05, 0) is 0 Å². The average molecular weight is 160 g/mol. The van der Waals surface area contributed by atoms with Crippen LogP contribution in [0.25, 0.3) is 0 Å². The van der Waals surface area contributed by atoms with E-state index in [9.17, 15) is 9.59 Å². The molecule has 0 aliphatic carbocycles. The molecule has 0 heterocycles. The third-order valence-electron chi connectivity index (χ3n) is 1.14. The van der Waals surface area contributed by atoms with Crippen molar-refractivity contribution < 1.29 is 14.8 Å².